The Morgan fingerprint density at radius 2 is 1.74 bits per heavy atom. The van der Waals surface area contributed by atoms with Crippen molar-refractivity contribution in [3.63, 3.8) is 0 Å². The van der Waals surface area contributed by atoms with E-state index >= 15 is 0 Å². The maximum Gasteiger partial charge on any atom is 0.295 e. The molecule has 0 bridgehead atoms. The number of aliphatic hydroxyl groups is 1. The zero-order valence-corrected chi connectivity index (χ0v) is 21.6. The molecule has 1 atom stereocenters. The van der Waals surface area contributed by atoms with Crippen LogP contribution in [0.2, 0.25) is 0 Å². The summed E-state index contributed by atoms with van der Waals surface area (Å²) < 4.78 is 19.2. The first-order valence-corrected chi connectivity index (χ1v) is 13.0. The molecule has 6 nitrogen and oxygen atoms in total. The molecule has 2 heterocycles. The van der Waals surface area contributed by atoms with Crippen LogP contribution in [0.3, 0.4) is 0 Å². The fraction of sp³-hybridized carbons (Fsp3) is 0.290. The Bertz CT molecular complexity index is 1380. The van der Waals surface area contributed by atoms with Crippen molar-refractivity contribution in [1.82, 2.24) is 4.90 Å². The Balaban J connectivity index is 1.60. The van der Waals surface area contributed by atoms with Gasteiger partial charge in [0.2, 0.25) is 0 Å². The van der Waals surface area contributed by atoms with Gasteiger partial charge in [-0.2, -0.15) is 0 Å². The first-order chi connectivity index (χ1) is 18.4. The van der Waals surface area contributed by atoms with Gasteiger partial charge in [-0.3, -0.25) is 9.59 Å². The Morgan fingerprint density at radius 3 is 2.42 bits per heavy atom. The molecule has 2 aliphatic rings. The predicted octanol–water partition coefficient (Wildman–Crippen LogP) is 5.62. The third kappa shape index (κ3) is 4.76. The van der Waals surface area contributed by atoms with Gasteiger partial charge in [-0.15, -0.1) is 0 Å². The lowest BCUT2D eigenvalue weighted by atomic mass is 9.93. The van der Waals surface area contributed by atoms with Crippen molar-refractivity contribution in [1.29, 1.82) is 0 Å². The number of ketones is 1. The van der Waals surface area contributed by atoms with E-state index in [4.69, 9.17) is 4.74 Å². The Morgan fingerprint density at radius 1 is 1.03 bits per heavy atom. The van der Waals surface area contributed by atoms with Crippen LogP contribution in [0, 0.1) is 5.82 Å². The van der Waals surface area contributed by atoms with Crippen molar-refractivity contribution in [2.24, 2.45) is 0 Å². The summed E-state index contributed by atoms with van der Waals surface area (Å²) in [6.45, 7) is 6.61. The molecular weight excluding hydrogens is 483 g/mol. The predicted molar refractivity (Wildman–Crippen MR) is 145 cm³/mol. The number of hydrogen-bond acceptors (Lipinski definition) is 5. The number of likely N-dealkylation sites (tertiary alicyclic amines) is 1. The molecule has 0 spiro atoms. The first-order valence-electron chi connectivity index (χ1n) is 13.0. The van der Waals surface area contributed by atoms with Crippen molar-refractivity contribution in [2.45, 2.75) is 39.3 Å². The van der Waals surface area contributed by atoms with Crippen LogP contribution in [0.25, 0.3) is 5.76 Å². The summed E-state index contributed by atoms with van der Waals surface area (Å²) in [5.41, 5.74) is 3.90. The smallest absolute Gasteiger partial charge is 0.295 e. The molecule has 0 saturated carbocycles. The minimum absolute atomic E-state index is 0.0457. The van der Waals surface area contributed by atoms with Crippen LogP contribution in [0.5, 0.6) is 5.75 Å². The highest BCUT2D eigenvalue weighted by Gasteiger charge is 2.46. The number of amides is 1. The van der Waals surface area contributed by atoms with Crippen LogP contribution in [0.4, 0.5) is 10.1 Å². The summed E-state index contributed by atoms with van der Waals surface area (Å²) in [4.78, 5) is 30.4. The number of carbonyl (C=O) groups excluding carboxylic acids is 2. The van der Waals surface area contributed by atoms with E-state index in [0.29, 0.717) is 23.3 Å². The summed E-state index contributed by atoms with van der Waals surface area (Å²) >= 11 is 0. The zero-order chi connectivity index (χ0) is 26.8. The van der Waals surface area contributed by atoms with Gasteiger partial charge in [0.25, 0.3) is 11.7 Å². The number of halogens is 1. The van der Waals surface area contributed by atoms with Gasteiger partial charge >= 0.3 is 0 Å². The Kier molecular flexibility index (Phi) is 7.18. The number of carbonyl (C=O) groups is 2. The standard InChI is InChI=1S/C31H31FN2O4/c1-3-33(4-2)25-14-9-21(10-15-25)28-27(29(35)23-11-16-26-22(18-23)6-5-17-38-26)30(36)31(37)34(28)19-20-7-12-24(32)13-8-20/h7-16,18,28,35H,3-6,17,19H2,1-2H3/b29-27-. The van der Waals surface area contributed by atoms with Crippen LogP contribution in [0.1, 0.15) is 48.6 Å². The van der Waals surface area contributed by atoms with Crippen LogP contribution in [-0.4, -0.2) is 41.4 Å². The van der Waals surface area contributed by atoms with Crippen molar-refractivity contribution >= 4 is 23.1 Å². The van der Waals surface area contributed by atoms with Crippen molar-refractivity contribution in [3.05, 3.63) is 100 Å². The number of ether oxygens (including phenoxy) is 1. The van der Waals surface area contributed by atoms with Gasteiger partial charge in [-0.25, -0.2) is 4.39 Å². The first kappa shape index (κ1) is 25.5. The van der Waals surface area contributed by atoms with Crippen LogP contribution < -0.4 is 9.64 Å². The second-order valence-electron chi connectivity index (χ2n) is 9.59. The van der Waals surface area contributed by atoms with Crippen molar-refractivity contribution in [3.8, 4) is 5.75 Å². The van der Waals surface area contributed by atoms with E-state index in [1.54, 1.807) is 24.3 Å². The molecule has 5 rings (SSSR count). The fourth-order valence-corrected chi connectivity index (χ4v) is 5.30. The number of nitrogens with zero attached hydrogens (tertiary/aromatic N) is 2. The van der Waals surface area contributed by atoms with E-state index in [1.807, 2.05) is 30.3 Å². The summed E-state index contributed by atoms with van der Waals surface area (Å²) in [5.74, 6) is -1.26. The number of fused-ring (bicyclic) bond motifs is 1. The molecule has 1 N–H and O–H groups in total. The second kappa shape index (κ2) is 10.7. The lowest BCUT2D eigenvalue weighted by molar-refractivity contribution is -0.140. The van der Waals surface area contributed by atoms with Gasteiger partial charge in [0.15, 0.2) is 0 Å². The highest BCUT2D eigenvalue weighted by molar-refractivity contribution is 6.46. The maximum atomic E-state index is 13.5. The molecule has 2 aliphatic heterocycles. The van der Waals surface area contributed by atoms with Crippen molar-refractivity contribution < 1.29 is 23.8 Å². The van der Waals surface area contributed by atoms with Crippen LogP contribution in [0.15, 0.2) is 72.3 Å². The molecule has 1 amide bonds. The van der Waals surface area contributed by atoms with Crippen LogP contribution >= 0.6 is 0 Å². The largest absolute Gasteiger partial charge is 0.507 e. The molecule has 3 aromatic carbocycles. The summed E-state index contributed by atoms with van der Waals surface area (Å²) in [6.07, 6.45) is 1.68. The lowest BCUT2D eigenvalue weighted by Gasteiger charge is -2.27. The van der Waals surface area contributed by atoms with Gasteiger partial charge < -0.3 is 19.6 Å². The molecule has 3 aromatic rings. The van der Waals surface area contributed by atoms with E-state index in [2.05, 4.69) is 18.7 Å². The van der Waals surface area contributed by atoms with Gasteiger partial charge in [-0.05, 0) is 85.8 Å². The number of anilines is 1. The normalized spacial score (nSPS) is 18.3. The van der Waals surface area contributed by atoms with Gasteiger partial charge in [-0.1, -0.05) is 24.3 Å². The van der Waals surface area contributed by atoms with Gasteiger partial charge in [0.05, 0.1) is 18.2 Å². The van der Waals surface area contributed by atoms with E-state index in [0.717, 1.165) is 42.9 Å². The van der Waals surface area contributed by atoms with E-state index in [9.17, 15) is 19.1 Å². The minimum atomic E-state index is -0.793. The average molecular weight is 515 g/mol. The third-order valence-corrected chi connectivity index (χ3v) is 7.33. The highest BCUT2D eigenvalue weighted by Crippen LogP contribution is 2.41. The third-order valence-electron chi connectivity index (χ3n) is 7.33. The Hall–Kier alpha value is -4.13. The van der Waals surface area contributed by atoms with Gasteiger partial charge in [0.1, 0.15) is 17.3 Å². The highest BCUT2D eigenvalue weighted by atomic mass is 19.1. The lowest BCUT2D eigenvalue weighted by Crippen LogP contribution is -2.29. The summed E-state index contributed by atoms with van der Waals surface area (Å²) in [6, 6.07) is 18.1. The van der Waals surface area contributed by atoms with E-state index < -0.39 is 17.7 Å². The molecule has 0 aromatic heterocycles. The molecule has 196 valence electrons. The molecule has 7 heteroatoms. The monoisotopic (exact) mass is 514 g/mol. The fourth-order valence-electron chi connectivity index (χ4n) is 5.30. The number of aliphatic hydroxyl groups excluding tert-OH is 1. The molecule has 1 fully saturated rings. The summed E-state index contributed by atoms with van der Waals surface area (Å²) in [5, 5.41) is 11.5. The van der Waals surface area contributed by atoms with E-state index in [-0.39, 0.29) is 23.7 Å². The minimum Gasteiger partial charge on any atom is -0.507 e. The molecule has 0 aliphatic carbocycles. The number of Topliss-reactive ketones (excluding diaryl/α,β-unsaturated/α-hetero) is 1. The molecule has 1 unspecified atom stereocenters. The molecular formula is C31H31FN2O4. The average Bonchev–Trinajstić information content (AvgIpc) is 3.19. The molecule has 38 heavy (non-hydrogen) atoms. The SMILES string of the molecule is CCN(CC)c1ccc(C2/C(=C(/O)c3ccc4c(c3)CCCO4)C(=O)C(=O)N2Cc2ccc(F)cc2)cc1. The number of rotatable bonds is 7. The number of hydrogen-bond donors (Lipinski definition) is 1. The topological polar surface area (TPSA) is 70.1 Å². The van der Waals surface area contributed by atoms with Gasteiger partial charge in [0, 0.05) is 30.9 Å². The molecule has 1 saturated heterocycles. The van der Waals surface area contributed by atoms with Crippen LogP contribution in [-0.2, 0) is 22.6 Å². The number of aryl methyl sites for hydroxylation is 1. The summed E-state index contributed by atoms with van der Waals surface area (Å²) in [7, 11) is 0. The quantitative estimate of drug-likeness (QED) is 0.252. The number of benzene rings is 3. The van der Waals surface area contributed by atoms with E-state index in [1.165, 1.54) is 17.0 Å². The Labute approximate surface area is 222 Å². The second-order valence-corrected chi connectivity index (χ2v) is 9.59. The maximum absolute atomic E-state index is 13.5. The van der Waals surface area contributed by atoms with Crippen molar-refractivity contribution in [2.75, 3.05) is 24.6 Å². The zero-order valence-electron chi connectivity index (χ0n) is 21.6. The molecule has 0 radical (unpaired) electrons.